The van der Waals surface area contributed by atoms with Crippen molar-refractivity contribution < 1.29 is 19.4 Å². The summed E-state index contributed by atoms with van der Waals surface area (Å²) in [7, 11) is 3.15. The van der Waals surface area contributed by atoms with E-state index < -0.39 is 12.1 Å². The monoisotopic (exact) mass is 391 g/mol. The molecule has 29 heavy (non-hydrogen) atoms. The number of hydrogen-bond acceptors (Lipinski definition) is 4. The van der Waals surface area contributed by atoms with E-state index in [0.717, 1.165) is 27.7 Å². The summed E-state index contributed by atoms with van der Waals surface area (Å²) in [4.78, 5) is 32.6. The first-order chi connectivity index (χ1) is 14.0. The van der Waals surface area contributed by atoms with Crippen molar-refractivity contribution in [2.45, 2.75) is 18.5 Å². The van der Waals surface area contributed by atoms with E-state index in [2.05, 4.69) is 4.98 Å². The van der Waals surface area contributed by atoms with Crippen molar-refractivity contribution in [1.82, 2.24) is 14.8 Å². The number of aromatic hydroxyl groups is 1. The van der Waals surface area contributed by atoms with E-state index in [0.29, 0.717) is 12.2 Å². The molecule has 2 aliphatic rings. The van der Waals surface area contributed by atoms with E-state index in [4.69, 9.17) is 4.74 Å². The van der Waals surface area contributed by atoms with Gasteiger partial charge in [-0.1, -0.05) is 24.3 Å². The third-order valence-electron chi connectivity index (χ3n) is 5.97. The number of benzene rings is 2. The number of phenols is 1. The standard InChI is InChI=1S/C22H21N3O4/c1-24-11-19(27)25-16(22(24)28)10-14-13-5-3-4-6-15(13)23-20(14)21(25)12-7-8-18(29-2)17(26)9-12/h3-9,16,21,23,26H,10-11H2,1-2H3/t16-,21-/m0/s1. The molecule has 5 rings (SSSR count). The second-order valence-electron chi connectivity index (χ2n) is 7.61. The van der Waals surface area contributed by atoms with Crippen LogP contribution in [0.3, 0.4) is 0 Å². The maximum Gasteiger partial charge on any atom is 0.245 e. The Morgan fingerprint density at radius 3 is 2.72 bits per heavy atom. The quantitative estimate of drug-likeness (QED) is 0.701. The molecule has 1 saturated heterocycles. The second kappa shape index (κ2) is 6.27. The fourth-order valence-electron chi connectivity index (χ4n) is 4.63. The summed E-state index contributed by atoms with van der Waals surface area (Å²) >= 11 is 0. The van der Waals surface area contributed by atoms with Gasteiger partial charge in [-0.3, -0.25) is 9.59 Å². The van der Waals surface area contributed by atoms with Crippen LogP contribution < -0.4 is 4.74 Å². The number of para-hydroxylation sites is 1. The second-order valence-corrected chi connectivity index (χ2v) is 7.61. The molecule has 7 heteroatoms. The Kier molecular flexibility index (Phi) is 3.81. The van der Waals surface area contributed by atoms with Crippen LogP contribution >= 0.6 is 0 Å². The summed E-state index contributed by atoms with van der Waals surface area (Å²) in [5.41, 5.74) is 3.62. The number of hydrogen-bond donors (Lipinski definition) is 2. The summed E-state index contributed by atoms with van der Waals surface area (Å²) in [6, 6.07) is 12.0. The summed E-state index contributed by atoms with van der Waals surface area (Å²) in [5, 5.41) is 11.4. The molecule has 148 valence electrons. The lowest BCUT2D eigenvalue weighted by atomic mass is 9.86. The van der Waals surface area contributed by atoms with E-state index in [1.54, 1.807) is 24.1 Å². The van der Waals surface area contributed by atoms with Crippen molar-refractivity contribution >= 4 is 22.7 Å². The molecule has 0 unspecified atom stereocenters. The number of piperazine rings is 1. The average molecular weight is 391 g/mol. The summed E-state index contributed by atoms with van der Waals surface area (Å²) in [6.45, 7) is 0.0452. The third kappa shape index (κ3) is 2.50. The molecular formula is C22H21N3O4. The molecule has 2 amide bonds. The first-order valence-corrected chi connectivity index (χ1v) is 9.52. The van der Waals surface area contributed by atoms with Crippen LogP contribution in [-0.4, -0.2) is 58.4 Å². The Labute approximate surface area is 167 Å². The van der Waals surface area contributed by atoms with Crippen molar-refractivity contribution in [3.05, 3.63) is 59.3 Å². The molecule has 0 spiro atoms. The Morgan fingerprint density at radius 1 is 1.17 bits per heavy atom. The number of fused-ring (bicyclic) bond motifs is 4. The van der Waals surface area contributed by atoms with Gasteiger partial charge >= 0.3 is 0 Å². The number of rotatable bonds is 2. The van der Waals surface area contributed by atoms with E-state index in [-0.39, 0.29) is 24.1 Å². The van der Waals surface area contributed by atoms with Crippen molar-refractivity contribution in [2.75, 3.05) is 20.7 Å². The van der Waals surface area contributed by atoms with Crippen LogP contribution in [0.4, 0.5) is 0 Å². The van der Waals surface area contributed by atoms with Crippen molar-refractivity contribution in [3.8, 4) is 11.5 Å². The van der Waals surface area contributed by atoms with Gasteiger partial charge in [-0.05, 0) is 29.3 Å². The maximum absolute atomic E-state index is 13.0. The predicted molar refractivity (Wildman–Crippen MR) is 107 cm³/mol. The summed E-state index contributed by atoms with van der Waals surface area (Å²) < 4.78 is 5.16. The zero-order valence-electron chi connectivity index (χ0n) is 16.2. The lowest BCUT2D eigenvalue weighted by molar-refractivity contribution is -0.157. The number of likely N-dealkylation sites (N-methyl/N-ethyl adjacent to an activating group) is 1. The zero-order chi connectivity index (χ0) is 20.3. The highest BCUT2D eigenvalue weighted by Crippen LogP contribution is 2.43. The van der Waals surface area contributed by atoms with Crippen LogP contribution in [0.1, 0.15) is 22.9 Å². The number of carbonyl (C=O) groups excluding carboxylic acids is 2. The number of carbonyl (C=O) groups is 2. The molecule has 2 N–H and O–H groups in total. The van der Waals surface area contributed by atoms with Crippen molar-refractivity contribution in [2.24, 2.45) is 0 Å². The summed E-state index contributed by atoms with van der Waals surface area (Å²) in [5.74, 6) is 0.182. The Balaban J connectivity index is 1.75. The number of amides is 2. The van der Waals surface area contributed by atoms with Gasteiger partial charge in [0.25, 0.3) is 0 Å². The minimum Gasteiger partial charge on any atom is -0.504 e. The van der Waals surface area contributed by atoms with Gasteiger partial charge in [0.05, 0.1) is 19.7 Å². The lowest BCUT2D eigenvalue weighted by Crippen LogP contribution is -2.62. The third-order valence-corrected chi connectivity index (χ3v) is 5.97. The molecule has 0 bridgehead atoms. The normalized spacial score (nSPS) is 21.3. The predicted octanol–water partition coefficient (Wildman–Crippen LogP) is 2.20. The van der Waals surface area contributed by atoms with E-state index in [1.807, 2.05) is 30.3 Å². The van der Waals surface area contributed by atoms with Crippen LogP contribution in [0.15, 0.2) is 42.5 Å². The van der Waals surface area contributed by atoms with Gasteiger partial charge in [-0.25, -0.2) is 0 Å². The number of H-pyrrole nitrogens is 1. The van der Waals surface area contributed by atoms with E-state index in [1.165, 1.54) is 12.0 Å². The maximum atomic E-state index is 13.0. The first-order valence-electron chi connectivity index (χ1n) is 9.52. The van der Waals surface area contributed by atoms with E-state index >= 15 is 0 Å². The Morgan fingerprint density at radius 2 is 1.97 bits per heavy atom. The number of phenolic OH excluding ortho intramolecular Hbond substituents is 1. The number of nitrogens with zero attached hydrogens (tertiary/aromatic N) is 2. The highest BCUT2D eigenvalue weighted by atomic mass is 16.5. The summed E-state index contributed by atoms with van der Waals surface area (Å²) in [6.07, 6.45) is 0.465. The molecule has 7 nitrogen and oxygen atoms in total. The first kappa shape index (κ1) is 17.6. The molecule has 1 aromatic heterocycles. The molecule has 3 aromatic rings. The number of methoxy groups -OCH3 is 1. The van der Waals surface area contributed by atoms with Gasteiger partial charge in [0.15, 0.2) is 11.5 Å². The molecule has 2 aliphatic heterocycles. The average Bonchev–Trinajstić information content (AvgIpc) is 3.09. The van der Waals surface area contributed by atoms with E-state index in [9.17, 15) is 14.7 Å². The number of aromatic amines is 1. The van der Waals surface area contributed by atoms with Gasteiger partial charge < -0.3 is 24.6 Å². The van der Waals surface area contributed by atoms with Crippen LogP contribution in [-0.2, 0) is 16.0 Å². The topological polar surface area (TPSA) is 85.9 Å². The lowest BCUT2D eigenvalue weighted by Gasteiger charge is -2.46. The SMILES string of the molecule is COc1ccc([C@H]2c3[nH]c4ccccc4c3C[C@H]3C(=O)N(C)CC(=O)N23)cc1O. The molecule has 0 radical (unpaired) electrons. The highest BCUT2D eigenvalue weighted by molar-refractivity contribution is 5.97. The van der Waals surface area contributed by atoms with Crippen molar-refractivity contribution in [1.29, 1.82) is 0 Å². The Hall–Kier alpha value is -3.48. The molecule has 2 atom stereocenters. The van der Waals surface area contributed by atoms with Gasteiger partial charge in [0, 0.05) is 30.1 Å². The minimum absolute atomic E-state index is 0.00214. The number of nitrogens with one attached hydrogen (secondary N) is 1. The Bertz CT molecular complexity index is 1150. The molecule has 0 saturated carbocycles. The van der Waals surface area contributed by atoms with Crippen LogP contribution in [0, 0.1) is 0 Å². The fraction of sp³-hybridized carbons (Fsp3) is 0.273. The van der Waals surface area contributed by atoms with Gasteiger partial charge in [-0.15, -0.1) is 0 Å². The van der Waals surface area contributed by atoms with Crippen LogP contribution in [0.5, 0.6) is 11.5 Å². The molecular weight excluding hydrogens is 370 g/mol. The largest absolute Gasteiger partial charge is 0.504 e. The fourth-order valence-corrected chi connectivity index (χ4v) is 4.63. The molecule has 3 heterocycles. The molecule has 1 fully saturated rings. The molecule has 0 aliphatic carbocycles. The molecule has 2 aromatic carbocycles. The number of aromatic nitrogens is 1. The number of ether oxygens (including phenoxy) is 1. The van der Waals surface area contributed by atoms with Gasteiger partial charge in [-0.2, -0.15) is 0 Å². The van der Waals surface area contributed by atoms with Gasteiger partial charge in [0.2, 0.25) is 11.8 Å². The zero-order valence-corrected chi connectivity index (χ0v) is 16.2. The van der Waals surface area contributed by atoms with Crippen LogP contribution in [0.25, 0.3) is 10.9 Å². The minimum atomic E-state index is -0.567. The highest BCUT2D eigenvalue weighted by Gasteiger charge is 2.47. The van der Waals surface area contributed by atoms with Crippen LogP contribution in [0.2, 0.25) is 0 Å². The smallest absolute Gasteiger partial charge is 0.245 e. The van der Waals surface area contributed by atoms with Crippen molar-refractivity contribution in [3.63, 3.8) is 0 Å². The van der Waals surface area contributed by atoms with Gasteiger partial charge in [0.1, 0.15) is 6.04 Å².